The van der Waals surface area contributed by atoms with E-state index in [-0.39, 0.29) is 11.6 Å². The van der Waals surface area contributed by atoms with E-state index >= 15 is 0 Å². The molecule has 1 aromatic heterocycles. The average Bonchev–Trinajstić information content (AvgIpc) is 2.79. The number of benzene rings is 3. The Morgan fingerprint density at radius 3 is 2.48 bits per heavy atom. The van der Waals surface area contributed by atoms with Crippen LogP contribution in [0.4, 0.5) is 5.82 Å². The smallest absolute Gasteiger partial charge is 0.335 e. The van der Waals surface area contributed by atoms with Crippen LogP contribution in [0.3, 0.4) is 0 Å². The summed E-state index contributed by atoms with van der Waals surface area (Å²) in [5, 5.41) is 14.4. The van der Waals surface area contributed by atoms with Gasteiger partial charge in [0.1, 0.15) is 23.1 Å². The highest BCUT2D eigenvalue weighted by Gasteiger charge is 2.14. The number of anilines is 1. The number of nitrogens with zero attached hydrogens (tertiary/aromatic N) is 1. The largest absolute Gasteiger partial charge is 0.497 e. The molecule has 6 nitrogen and oxygen atoms in total. The molecule has 0 unspecified atom stereocenters. The summed E-state index contributed by atoms with van der Waals surface area (Å²) in [5.74, 6) is 1.80. The van der Waals surface area contributed by atoms with E-state index in [2.05, 4.69) is 10.3 Å². The van der Waals surface area contributed by atoms with Crippen molar-refractivity contribution in [3.05, 3.63) is 90.1 Å². The minimum absolute atomic E-state index is 0.0918. The van der Waals surface area contributed by atoms with Gasteiger partial charge in [-0.1, -0.05) is 30.3 Å². The zero-order chi connectivity index (χ0) is 21.8. The van der Waals surface area contributed by atoms with Crippen LogP contribution in [-0.2, 0) is 0 Å². The van der Waals surface area contributed by atoms with Crippen LogP contribution in [-0.4, -0.2) is 23.2 Å². The average molecular weight is 414 g/mol. The van der Waals surface area contributed by atoms with E-state index in [4.69, 9.17) is 14.6 Å². The van der Waals surface area contributed by atoms with Gasteiger partial charge in [0.2, 0.25) is 0 Å². The maximum Gasteiger partial charge on any atom is 0.335 e. The summed E-state index contributed by atoms with van der Waals surface area (Å²) in [5.41, 5.74) is 1.21. The minimum Gasteiger partial charge on any atom is -0.497 e. The summed E-state index contributed by atoms with van der Waals surface area (Å²) >= 11 is 0. The Labute approximate surface area is 180 Å². The molecule has 0 radical (unpaired) electrons. The van der Waals surface area contributed by atoms with E-state index < -0.39 is 5.97 Å². The van der Waals surface area contributed by atoms with Crippen molar-refractivity contribution in [1.82, 2.24) is 4.98 Å². The Morgan fingerprint density at radius 1 is 1.00 bits per heavy atom. The molecule has 31 heavy (non-hydrogen) atoms. The fraction of sp³-hybridized carbons (Fsp3) is 0.120. The molecule has 6 heteroatoms. The van der Waals surface area contributed by atoms with Crippen LogP contribution in [0, 0.1) is 0 Å². The standard InChI is InChI=1S/C25H22N2O4/c1-16(17-9-11-19(12-10-17)25(28)29)27-24-23-18(13-14-26-24)5-3-8-22(23)31-21-7-4-6-20(15-21)30-2/h3-16H,1-2H3,(H,26,27)(H,28,29)/t16-/m0/s1. The highest BCUT2D eigenvalue weighted by Crippen LogP contribution is 2.36. The third-order valence-corrected chi connectivity index (χ3v) is 5.03. The van der Waals surface area contributed by atoms with Gasteiger partial charge in [0.25, 0.3) is 0 Å². The van der Waals surface area contributed by atoms with E-state index in [1.54, 1.807) is 37.6 Å². The molecule has 4 rings (SSSR count). The van der Waals surface area contributed by atoms with Crippen LogP contribution in [0.5, 0.6) is 17.2 Å². The molecule has 0 fully saturated rings. The number of rotatable bonds is 7. The zero-order valence-electron chi connectivity index (χ0n) is 17.2. The molecule has 0 aliphatic heterocycles. The first-order valence-electron chi connectivity index (χ1n) is 9.84. The van der Waals surface area contributed by atoms with Gasteiger partial charge in [0.15, 0.2) is 0 Å². The summed E-state index contributed by atoms with van der Waals surface area (Å²) in [6, 6.07) is 21.9. The molecule has 0 aliphatic carbocycles. The van der Waals surface area contributed by atoms with Gasteiger partial charge in [-0.25, -0.2) is 9.78 Å². The lowest BCUT2D eigenvalue weighted by molar-refractivity contribution is 0.0697. The molecular weight excluding hydrogens is 392 g/mol. The second-order valence-electron chi connectivity index (χ2n) is 7.09. The van der Waals surface area contributed by atoms with Crippen molar-refractivity contribution in [1.29, 1.82) is 0 Å². The topological polar surface area (TPSA) is 80.7 Å². The number of aromatic nitrogens is 1. The number of fused-ring (bicyclic) bond motifs is 1. The summed E-state index contributed by atoms with van der Waals surface area (Å²) in [6.45, 7) is 2.00. The number of aromatic carboxylic acids is 1. The molecule has 156 valence electrons. The van der Waals surface area contributed by atoms with Gasteiger partial charge < -0.3 is 19.9 Å². The van der Waals surface area contributed by atoms with Gasteiger partial charge in [-0.2, -0.15) is 0 Å². The Bertz CT molecular complexity index is 1220. The predicted octanol–water partition coefficient (Wildman–Crippen LogP) is 5.91. The van der Waals surface area contributed by atoms with Crippen molar-refractivity contribution in [3.63, 3.8) is 0 Å². The van der Waals surface area contributed by atoms with Crippen molar-refractivity contribution < 1.29 is 19.4 Å². The number of pyridine rings is 1. The van der Waals surface area contributed by atoms with Crippen LogP contribution in [0.15, 0.2) is 79.0 Å². The van der Waals surface area contributed by atoms with Gasteiger partial charge in [-0.15, -0.1) is 0 Å². The monoisotopic (exact) mass is 414 g/mol. The zero-order valence-corrected chi connectivity index (χ0v) is 17.2. The van der Waals surface area contributed by atoms with E-state index in [1.165, 1.54) is 0 Å². The Morgan fingerprint density at radius 2 is 1.74 bits per heavy atom. The summed E-state index contributed by atoms with van der Waals surface area (Å²) in [7, 11) is 1.62. The molecule has 0 saturated heterocycles. The van der Waals surface area contributed by atoms with Gasteiger partial charge in [-0.3, -0.25) is 0 Å². The summed E-state index contributed by atoms with van der Waals surface area (Å²) in [6.07, 6.45) is 1.75. The fourth-order valence-corrected chi connectivity index (χ4v) is 3.39. The van der Waals surface area contributed by atoms with E-state index in [0.717, 1.165) is 16.3 Å². The summed E-state index contributed by atoms with van der Waals surface area (Å²) < 4.78 is 11.5. The van der Waals surface area contributed by atoms with Crippen molar-refractivity contribution in [2.45, 2.75) is 13.0 Å². The number of hydrogen-bond donors (Lipinski definition) is 2. The van der Waals surface area contributed by atoms with E-state index in [9.17, 15) is 4.79 Å². The lowest BCUT2D eigenvalue weighted by Gasteiger charge is -2.18. The first-order valence-corrected chi connectivity index (χ1v) is 9.84. The maximum atomic E-state index is 11.1. The number of carbonyl (C=O) groups is 1. The van der Waals surface area contributed by atoms with Gasteiger partial charge in [0, 0.05) is 18.3 Å². The van der Waals surface area contributed by atoms with Crippen molar-refractivity contribution in [3.8, 4) is 17.2 Å². The number of nitrogens with one attached hydrogen (secondary N) is 1. The van der Waals surface area contributed by atoms with E-state index in [0.29, 0.717) is 23.1 Å². The Hall–Kier alpha value is -4.06. The van der Waals surface area contributed by atoms with Crippen LogP contribution < -0.4 is 14.8 Å². The molecule has 0 amide bonds. The van der Waals surface area contributed by atoms with Gasteiger partial charge in [0.05, 0.1) is 18.1 Å². The minimum atomic E-state index is -0.942. The second kappa shape index (κ2) is 8.75. The molecular formula is C25H22N2O4. The number of methoxy groups -OCH3 is 1. The lowest BCUT2D eigenvalue weighted by Crippen LogP contribution is -2.09. The second-order valence-corrected chi connectivity index (χ2v) is 7.09. The highest BCUT2D eigenvalue weighted by atomic mass is 16.5. The Balaban J connectivity index is 1.67. The van der Waals surface area contributed by atoms with Crippen LogP contribution in [0.2, 0.25) is 0 Å². The number of ether oxygens (including phenoxy) is 2. The quantitative estimate of drug-likeness (QED) is 0.391. The normalized spacial score (nSPS) is 11.7. The van der Waals surface area contributed by atoms with Crippen molar-refractivity contribution in [2.24, 2.45) is 0 Å². The number of hydrogen-bond acceptors (Lipinski definition) is 5. The lowest BCUT2D eigenvalue weighted by atomic mass is 10.1. The van der Waals surface area contributed by atoms with E-state index in [1.807, 2.05) is 55.5 Å². The molecule has 4 aromatic rings. The van der Waals surface area contributed by atoms with Crippen LogP contribution in [0.25, 0.3) is 10.8 Å². The molecule has 0 spiro atoms. The van der Waals surface area contributed by atoms with Crippen LogP contribution >= 0.6 is 0 Å². The van der Waals surface area contributed by atoms with Gasteiger partial charge >= 0.3 is 5.97 Å². The highest BCUT2D eigenvalue weighted by molar-refractivity contribution is 5.97. The molecule has 1 atom stereocenters. The number of carboxylic acids is 1. The molecule has 0 saturated carbocycles. The third-order valence-electron chi connectivity index (χ3n) is 5.03. The van der Waals surface area contributed by atoms with Crippen LogP contribution in [0.1, 0.15) is 28.9 Å². The van der Waals surface area contributed by atoms with Crippen molar-refractivity contribution >= 4 is 22.6 Å². The SMILES string of the molecule is COc1cccc(Oc2cccc3ccnc(N[C@@H](C)c4ccc(C(=O)O)cc4)c23)c1. The molecule has 0 aliphatic rings. The first kappa shape index (κ1) is 20.2. The predicted molar refractivity (Wildman–Crippen MR) is 120 cm³/mol. The molecule has 3 aromatic carbocycles. The van der Waals surface area contributed by atoms with Crippen molar-refractivity contribution in [2.75, 3.05) is 12.4 Å². The first-order chi connectivity index (χ1) is 15.0. The third kappa shape index (κ3) is 4.43. The molecule has 0 bridgehead atoms. The van der Waals surface area contributed by atoms with Gasteiger partial charge in [-0.05, 0) is 54.3 Å². The molecule has 1 heterocycles. The molecule has 2 N–H and O–H groups in total. The number of carboxylic acid groups (broad SMARTS) is 1. The fourth-order valence-electron chi connectivity index (χ4n) is 3.39. The maximum absolute atomic E-state index is 11.1. The Kier molecular flexibility index (Phi) is 5.71. The summed E-state index contributed by atoms with van der Waals surface area (Å²) in [4.78, 5) is 15.6.